The van der Waals surface area contributed by atoms with Crippen molar-refractivity contribution in [2.45, 2.75) is 26.2 Å². The van der Waals surface area contributed by atoms with Gasteiger partial charge < -0.3 is 4.74 Å². The van der Waals surface area contributed by atoms with Crippen molar-refractivity contribution in [3.05, 3.63) is 69.8 Å². The predicted octanol–water partition coefficient (Wildman–Crippen LogP) is 3.47. The number of benzene rings is 2. The lowest BCUT2D eigenvalue weighted by atomic mass is 10.1. The molecule has 1 N–H and O–H groups in total. The largest absolute Gasteiger partial charge is 0.484 e. The summed E-state index contributed by atoms with van der Waals surface area (Å²) >= 11 is 0. The van der Waals surface area contributed by atoms with Crippen molar-refractivity contribution in [2.75, 3.05) is 6.61 Å². The number of nitrogens with one attached hydrogen (secondary N) is 1. The van der Waals surface area contributed by atoms with Crippen molar-refractivity contribution in [1.82, 2.24) is 5.43 Å². The Morgan fingerprint density at radius 1 is 1.23 bits per heavy atom. The molecule has 136 valence electrons. The highest BCUT2D eigenvalue weighted by Crippen LogP contribution is 2.15. The molecule has 0 aliphatic heterocycles. The molecule has 0 aromatic heterocycles. The topological polar surface area (TPSA) is 93.8 Å². The molecule has 0 spiro atoms. The Balaban J connectivity index is 1.81. The van der Waals surface area contributed by atoms with Gasteiger partial charge >= 0.3 is 0 Å². The molecule has 7 heteroatoms. The third-order valence-electron chi connectivity index (χ3n) is 3.64. The Kier molecular flexibility index (Phi) is 7.30. The summed E-state index contributed by atoms with van der Waals surface area (Å²) in [7, 11) is 0. The summed E-state index contributed by atoms with van der Waals surface area (Å²) in [5, 5.41) is 14.6. The second kappa shape index (κ2) is 9.93. The average molecular weight is 355 g/mol. The zero-order chi connectivity index (χ0) is 18.8. The summed E-state index contributed by atoms with van der Waals surface area (Å²) in [6, 6.07) is 13.8. The van der Waals surface area contributed by atoms with Crippen LogP contribution >= 0.6 is 0 Å². The minimum Gasteiger partial charge on any atom is -0.484 e. The third-order valence-corrected chi connectivity index (χ3v) is 3.64. The standard InChI is InChI=1S/C19H21N3O4/c1-2-3-6-15-9-11-17(12-10-15)26-14-19(23)21-20-13-16-7-4-5-8-18(16)22(24)25/h4-5,7-13H,2-3,6,14H2,1H3,(H,21,23)/b20-13-. The molecule has 0 fully saturated rings. The molecule has 0 atom stereocenters. The Morgan fingerprint density at radius 2 is 1.96 bits per heavy atom. The van der Waals surface area contributed by atoms with E-state index in [-0.39, 0.29) is 12.3 Å². The number of rotatable bonds is 9. The monoisotopic (exact) mass is 355 g/mol. The van der Waals surface area contributed by atoms with Gasteiger partial charge in [0.15, 0.2) is 6.61 Å². The van der Waals surface area contributed by atoms with Crippen molar-refractivity contribution >= 4 is 17.8 Å². The number of para-hydroxylation sites is 1. The summed E-state index contributed by atoms with van der Waals surface area (Å²) in [4.78, 5) is 22.1. The maximum atomic E-state index is 11.7. The van der Waals surface area contributed by atoms with E-state index < -0.39 is 10.8 Å². The van der Waals surface area contributed by atoms with Gasteiger partial charge in [-0.25, -0.2) is 5.43 Å². The number of aryl methyl sites for hydroxylation is 1. The fraction of sp³-hybridized carbons (Fsp3) is 0.263. The molecule has 2 aromatic rings. The number of amides is 1. The van der Waals surface area contributed by atoms with E-state index in [1.165, 1.54) is 17.8 Å². The molecular weight excluding hydrogens is 334 g/mol. The number of nitro groups is 1. The van der Waals surface area contributed by atoms with Gasteiger partial charge in [-0.2, -0.15) is 5.10 Å². The zero-order valence-electron chi connectivity index (χ0n) is 14.6. The van der Waals surface area contributed by atoms with Crippen molar-refractivity contribution in [2.24, 2.45) is 5.10 Å². The Bertz CT molecular complexity index is 773. The van der Waals surface area contributed by atoms with E-state index in [0.717, 1.165) is 19.3 Å². The SMILES string of the molecule is CCCCc1ccc(OCC(=O)N/N=C\c2ccccc2[N+](=O)[O-])cc1. The Hall–Kier alpha value is -3.22. The number of carbonyl (C=O) groups is 1. The molecular formula is C19H21N3O4. The van der Waals surface area contributed by atoms with Crippen LogP contribution in [0.4, 0.5) is 5.69 Å². The van der Waals surface area contributed by atoms with E-state index in [1.807, 2.05) is 24.3 Å². The first-order valence-electron chi connectivity index (χ1n) is 8.37. The molecule has 0 saturated carbocycles. The zero-order valence-corrected chi connectivity index (χ0v) is 14.6. The number of hydrogen-bond donors (Lipinski definition) is 1. The highest BCUT2D eigenvalue weighted by Gasteiger charge is 2.10. The van der Waals surface area contributed by atoms with Crippen molar-refractivity contribution in [3.63, 3.8) is 0 Å². The molecule has 1 amide bonds. The third kappa shape index (κ3) is 6.01. The smallest absolute Gasteiger partial charge is 0.278 e. The molecule has 0 saturated heterocycles. The van der Waals surface area contributed by atoms with Gasteiger partial charge in [-0.15, -0.1) is 0 Å². The van der Waals surface area contributed by atoms with E-state index in [0.29, 0.717) is 11.3 Å². The summed E-state index contributed by atoms with van der Waals surface area (Å²) < 4.78 is 5.40. The van der Waals surface area contributed by atoms with Crippen LogP contribution in [0, 0.1) is 10.1 Å². The highest BCUT2D eigenvalue weighted by atomic mass is 16.6. The van der Waals surface area contributed by atoms with Crippen LogP contribution in [0.5, 0.6) is 5.75 Å². The molecule has 0 aliphatic carbocycles. The number of hydrogen-bond acceptors (Lipinski definition) is 5. The quantitative estimate of drug-likeness (QED) is 0.423. The lowest BCUT2D eigenvalue weighted by Gasteiger charge is -2.06. The van der Waals surface area contributed by atoms with Crippen LogP contribution < -0.4 is 10.2 Å². The molecule has 0 heterocycles. The van der Waals surface area contributed by atoms with Crippen molar-refractivity contribution in [3.8, 4) is 5.75 Å². The van der Waals surface area contributed by atoms with E-state index >= 15 is 0 Å². The van der Waals surface area contributed by atoms with Gasteiger partial charge in [0.25, 0.3) is 11.6 Å². The maximum absolute atomic E-state index is 11.7. The molecule has 7 nitrogen and oxygen atoms in total. The summed E-state index contributed by atoms with van der Waals surface area (Å²) in [5.41, 5.74) is 3.75. The fourth-order valence-electron chi connectivity index (χ4n) is 2.25. The fourth-order valence-corrected chi connectivity index (χ4v) is 2.25. The molecule has 2 aromatic carbocycles. The molecule has 0 aliphatic rings. The predicted molar refractivity (Wildman–Crippen MR) is 99.4 cm³/mol. The van der Waals surface area contributed by atoms with Crippen LogP contribution in [-0.4, -0.2) is 23.7 Å². The average Bonchev–Trinajstić information content (AvgIpc) is 2.66. The first-order chi connectivity index (χ1) is 12.6. The second-order valence-corrected chi connectivity index (χ2v) is 5.65. The second-order valence-electron chi connectivity index (χ2n) is 5.65. The van der Waals surface area contributed by atoms with Gasteiger partial charge in [0.1, 0.15) is 5.75 Å². The molecule has 0 radical (unpaired) electrons. The van der Waals surface area contributed by atoms with E-state index in [4.69, 9.17) is 4.74 Å². The minimum absolute atomic E-state index is 0.0788. The maximum Gasteiger partial charge on any atom is 0.278 e. The van der Waals surface area contributed by atoms with E-state index in [2.05, 4.69) is 17.5 Å². The van der Waals surface area contributed by atoms with Crippen molar-refractivity contribution < 1.29 is 14.5 Å². The minimum atomic E-state index is -0.504. The number of unbranched alkanes of at least 4 members (excludes halogenated alkanes) is 1. The Morgan fingerprint density at radius 3 is 2.65 bits per heavy atom. The van der Waals surface area contributed by atoms with Crippen LogP contribution in [0.15, 0.2) is 53.6 Å². The summed E-state index contributed by atoms with van der Waals surface area (Å²) in [5.74, 6) is 0.151. The number of nitrogens with zero attached hydrogens (tertiary/aromatic N) is 2. The van der Waals surface area contributed by atoms with Gasteiger partial charge in [-0.05, 0) is 36.6 Å². The van der Waals surface area contributed by atoms with Crippen LogP contribution in [0.1, 0.15) is 30.9 Å². The van der Waals surface area contributed by atoms with Crippen LogP contribution in [-0.2, 0) is 11.2 Å². The first-order valence-corrected chi connectivity index (χ1v) is 8.37. The van der Waals surface area contributed by atoms with Gasteiger partial charge in [-0.1, -0.05) is 37.6 Å². The normalized spacial score (nSPS) is 10.7. The summed E-state index contributed by atoms with van der Waals surface area (Å²) in [6.45, 7) is 1.96. The van der Waals surface area contributed by atoms with Crippen LogP contribution in [0.3, 0.4) is 0 Å². The number of ether oxygens (including phenoxy) is 1. The lowest BCUT2D eigenvalue weighted by Crippen LogP contribution is -2.24. The number of nitro benzene ring substituents is 1. The Labute approximate surface area is 151 Å². The molecule has 0 unspecified atom stereocenters. The molecule has 26 heavy (non-hydrogen) atoms. The summed E-state index contributed by atoms with van der Waals surface area (Å²) in [6.07, 6.45) is 4.54. The highest BCUT2D eigenvalue weighted by molar-refractivity contribution is 5.86. The lowest BCUT2D eigenvalue weighted by molar-refractivity contribution is -0.385. The van der Waals surface area contributed by atoms with Gasteiger partial charge in [0.05, 0.1) is 16.7 Å². The molecule has 2 rings (SSSR count). The van der Waals surface area contributed by atoms with Crippen LogP contribution in [0.2, 0.25) is 0 Å². The van der Waals surface area contributed by atoms with Gasteiger partial charge in [0, 0.05) is 6.07 Å². The van der Waals surface area contributed by atoms with Crippen molar-refractivity contribution in [1.29, 1.82) is 0 Å². The molecule has 0 bridgehead atoms. The number of hydrazone groups is 1. The van der Waals surface area contributed by atoms with Gasteiger partial charge in [0.2, 0.25) is 0 Å². The van der Waals surface area contributed by atoms with Crippen LogP contribution in [0.25, 0.3) is 0 Å². The van der Waals surface area contributed by atoms with E-state index in [1.54, 1.807) is 18.2 Å². The van der Waals surface area contributed by atoms with Gasteiger partial charge in [-0.3, -0.25) is 14.9 Å². The van der Waals surface area contributed by atoms with E-state index in [9.17, 15) is 14.9 Å². The first kappa shape index (κ1) is 19.1. The number of carbonyl (C=O) groups excluding carboxylic acids is 1.